The zero-order chi connectivity index (χ0) is 10.5. The third kappa shape index (κ3) is 1.52. The number of hydrogen-bond acceptors (Lipinski definition) is 4. The first-order valence-electron chi connectivity index (χ1n) is 4.81. The van der Waals surface area contributed by atoms with Crippen molar-refractivity contribution in [2.45, 2.75) is 25.3 Å². The number of halogens is 1. The average Bonchev–Trinajstić information content (AvgIpc) is 2.73. The minimum Gasteiger partial charge on any atom is -0.363 e. The summed E-state index contributed by atoms with van der Waals surface area (Å²) < 4.78 is 0. The number of hydrogen-bond donors (Lipinski definition) is 2. The van der Waals surface area contributed by atoms with Gasteiger partial charge in [-0.2, -0.15) is 9.97 Å². The summed E-state index contributed by atoms with van der Waals surface area (Å²) >= 11 is 5.81. The van der Waals surface area contributed by atoms with Gasteiger partial charge in [0.2, 0.25) is 5.28 Å². The molecule has 1 aliphatic rings. The SMILES string of the molecule is CC1(Nc2nc(Cl)nc3nc[nH]c23)CC1. The fourth-order valence-electron chi connectivity index (χ4n) is 1.50. The number of aromatic amines is 1. The van der Waals surface area contributed by atoms with Gasteiger partial charge in [-0.3, -0.25) is 0 Å². The topological polar surface area (TPSA) is 66.5 Å². The number of nitrogens with one attached hydrogen (secondary N) is 2. The summed E-state index contributed by atoms with van der Waals surface area (Å²) in [5.41, 5.74) is 1.57. The second-order valence-electron chi connectivity index (χ2n) is 4.13. The van der Waals surface area contributed by atoms with Gasteiger partial charge >= 0.3 is 0 Å². The summed E-state index contributed by atoms with van der Waals surface area (Å²) in [6.07, 6.45) is 3.91. The van der Waals surface area contributed by atoms with E-state index >= 15 is 0 Å². The number of nitrogens with zero attached hydrogens (tertiary/aromatic N) is 3. The molecule has 0 amide bonds. The molecule has 0 unspecified atom stereocenters. The highest BCUT2D eigenvalue weighted by molar-refractivity contribution is 6.28. The van der Waals surface area contributed by atoms with Gasteiger partial charge in [0.05, 0.1) is 6.33 Å². The van der Waals surface area contributed by atoms with Crippen molar-refractivity contribution < 1.29 is 0 Å². The van der Waals surface area contributed by atoms with Crippen LogP contribution >= 0.6 is 11.6 Å². The lowest BCUT2D eigenvalue weighted by Gasteiger charge is -2.12. The lowest BCUT2D eigenvalue weighted by Crippen LogP contribution is -2.17. The summed E-state index contributed by atoms with van der Waals surface area (Å²) in [5.74, 6) is 0.738. The molecule has 0 spiro atoms. The zero-order valence-corrected chi connectivity index (χ0v) is 8.97. The van der Waals surface area contributed by atoms with E-state index in [-0.39, 0.29) is 10.8 Å². The van der Waals surface area contributed by atoms with E-state index in [2.05, 4.69) is 32.2 Å². The first-order valence-corrected chi connectivity index (χ1v) is 5.19. The Morgan fingerprint density at radius 3 is 3.00 bits per heavy atom. The molecule has 1 saturated carbocycles. The molecule has 78 valence electrons. The Morgan fingerprint density at radius 2 is 2.27 bits per heavy atom. The molecule has 1 aliphatic carbocycles. The highest BCUT2D eigenvalue weighted by atomic mass is 35.5. The molecule has 0 radical (unpaired) electrons. The number of anilines is 1. The van der Waals surface area contributed by atoms with Crippen LogP contribution in [-0.4, -0.2) is 25.5 Å². The number of rotatable bonds is 2. The molecule has 0 atom stereocenters. The molecule has 3 rings (SSSR count). The minimum absolute atomic E-state index is 0.162. The van der Waals surface area contributed by atoms with E-state index in [0.717, 1.165) is 24.2 Å². The highest BCUT2D eigenvalue weighted by Gasteiger charge is 2.38. The van der Waals surface area contributed by atoms with Crippen LogP contribution in [-0.2, 0) is 0 Å². The minimum atomic E-state index is 0.162. The van der Waals surface area contributed by atoms with E-state index in [1.165, 1.54) is 0 Å². The van der Waals surface area contributed by atoms with Crippen LogP contribution in [0.15, 0.2) is 6.33 Å². The predicted molar refractivity (Wildman–Crippen MR) is 58.0 cm³/mol. The van der Waals surface area contributed by atoms with Crippen molar-refractivity contribution in [2.24, 2.45) is 0 Å². The Morgan fingerprint density at radius 1 is 1.47 bits per heavy atom. The predicted octanol–water partition coefficient (Wildman–Crippen LogP) is 1.97. The van der Waals surface area contributed by atoms with Gasteiger partial charge in [0, 0.05) is 5.54 Å². The Balaban J connectivity index is 2.11. The average molecular weight is 224 g/mol. The normalized spacial score (nSPS) is 18.0. The molecule has 0 bridgehead atoms. The van der Waals surface area contributed by atoms with Gasteiger partial charge in [-0.15, -0.1) is 0 Å². The van der Waals surface area contributed by atoms with E-state index in [1.54, 1.807) is 6.33 Å². The lowest BCUT2D eigenvalue weighted by atomic mass is 10.3. The summed E-state index contributed by atoms with van der Waals surface area (Å²) in [7, 11) is 0. The van der Waals surface area contributed by atoms with Crippen LogP contribution < -0.4 is 5.32 Å². The van der Waals surface area contributed by atoms with Crippen LogP contribution in [0.2, 0.25) is 5.28 Å². The van der Waals surface area contributed by atoms with Gasteiger partial charge in [-0.25, -0.2) is 4.98 Å². The standard InChI is InChI=1S/C9H10ClN5/c1-9(2-3-9)15-7-5-6(12-4-11-5)13-8(10)14-7/h4H,2-3H2,1H3,(H2,11,12,13,14,15). The molecule has 6 heteroatoms. The van der Waals surface area contributed by atoms with E-state index in [9.17, 15) is 0 Å². The lowest BCUT2D eigenvalue weighted by molar-refractivity contribution is 0.822. The first kappa shape index (κ1) is 8.91. The summed E-state index contributed by atoms with van der Waals surface area (Å²) in [4.78, 5) is 15.3. The number of imidazole rings is 1. The van der Waals surface area contributed by atoms with Crippen molar-refractivity contribution in [1.29, 1.82) is 0 Å². The smallest absolute Gasteiger partial charge is 0.226 e. The van der Waals surface area contributed by atoms with Gasteiger partial charge in [0.15, 0.2) is 11.5 Å². The van der Waals surface area contributed by atoms with Crippen molar-refractivity contribution in [3.8, 4) is 0 Å². The van der Waals surface area contributed by atoms with Crippen LogP contribution in [0.25, 0.3) is 11.2 Å². The summed E-state index contributed by atoms with van der Waals surface area (Å²) in [6, 6.07) is 0. The van der Waals surface area contributed by atoms with Crippen LogP contribution in [0.5, 0.6) is 0 Å². The van der Waals surface area contributed by atoms with Crippen LogP contribution in [0, 0.1) is 0 Å². The van der Waals surface area contributed by atoms with Gasteiger partial charge in [0.25, 0.3) is 0 Å². The summed E-state index contributed by atoms with van der Waals surface area (Å²) in [5, 5.41) is 3.58. The van der Waals surface area contributed by atoms with Crippen LogP contribution in [0.4, 0.5) is 5.82 Å². The maximum atomic E-state index is 5.81. The number of fused-ring (bicyclic) bond motifs is 1. The van der Waals surface area contributed by atoms with E-state index in [4.69, 9.17) is 11.6 Å². The quantitative estimate of drug-likeness (QED) is 0.764. The third-order valence-electron chi connectivity index (χ3n) is 2.68. The number of H-pyrrole nitrogens is 1. The fraction of sp³-hybridized carbons (Fsp3) is 0.444. The molecule has 0 saturated heterocycles. The molecule has 0 aromatic carbocycles. The highest BCUT2D eigenvalue weighted by Crippen LogP contribution is 2.38. The van der Waals surface area contributed by atoms with Gasteiger partial charge in [-0.1, -0.05) is 0 Å². The Labute approximate surface area is 91.3 Å². The fourth-order valence-corrected chi connectivity index (χ4v) is 1.66. The number of aromatic nitrogens is 4. The van der Waals surface area contributed by atoms with Crippen molar-refractivity contribution in [2.75, 3.05) is 5.32 Å². The van der Waals surface area contributed by atoms with Crippen molar-refractivity contribution >= 4 is 28.6 Å². The Bertz CT molecular complexity index is 516. The molecule has 2 heterocycles. The monoisotopic (exact) mass is 223 g/mol. The van der Waals surface area contributed by atoms with Crippen molar-refractivity contribution in [3.05, 3.63) is 11.6 Å². The maximum Gasteiger partial charge on any atom is 0.226 e. The van der Waals surface area contributed by atoms with Crippen LogP contribution in [0.3, 0.4) is 0 Å². The van der Waals surface area contributed by atoms with Gasteiger partial charge in [0.1, 0.15) is 5.52 Å². The Hall–Kier alpha value is -1.36. The largest absolute Gasteiger partial charge is 0.363 e. The molecule has 0 aliphatic heterocycles. The van der Waals surface area contributed by atoms with E-state index in [0.29, 0.717) is 5.65 Å². The zero-order valence-electron chi connectivity index (χ0n) is 8.21. The van der Waals surface area contributed by atoms with Gasteiger partial charge in [-0.05, 0) is 31.4 Å². The van der Waals surface area contributed by atoms with Crippen molar-refractivity contribution in [1.82, 2.24) is 19.9 Å². The first-order chi connectivity index (χ1) is 7.16. The molecule has 1 fully saturated rings. The molecule has 2 aromatic heterocycles. The third-order valence-corrected chi connectivity index (χ3v) is 2.85. The second kappa shape index (κ2) is 2.82. The van der Waals surface area contributed by atoms with Gasteiger partial charge < -0.3 is 10.3 Å². The van der Waals surface area contributed by atoms with E-state index in [1.807, 2.05) is 0 Å². The van der Waals surface area contributed by atoms with Crippen molar-refractivity contribution in [3.63, 3.8) is 0 Å². The Kier molecular flexibility index (Phi) is 1.68. The van der Waals surface area contributed by atoms with Crippen LogP contribution in [0.1, 0.15) is 19.8 Å². The molecule has 15 heavy (non-hydrogen) atoms. The molecule has 5 nitrogen and oxygen atoms in total. The maximum absolute atomic E-state index is 5.81. The molecule has 2 aromatic rings. The molecular formula is C9H10ClN5. The molecule has 2 N–H and O–H groups in total. The molecular weight excluding hydrogens is 214 g/mol. The summed E-state index contributed by atoms with van der Waals surface area (Å²) in [6.45, 7) is 2.16. The van der Waals surface area contributed by atoms with E-state index < -0.39 is 0 Å². The second-order valence-corrected chi connectivity index (χ2v) is 4.47.